The van der Waals surface area contributed by atoms with Gasteiger partial charge >= 0.3 is 0 Å². The fourth-order valence-electron chi connectivity index (χ4n) is 2.12. The lowest BCUT2D eigenvalue weighted by Gasteiger charge is -2.16. The Morgan fingerprint density at radius 2 is 1.39 bits per heavy atom. The standard InChI is InChI=1S/C14H14O7S2/c15-9-10-5-1-3-7-12(10)22(17,18)14(16)11-6-2-4-8-13(11)23(19,20)21/h1-8,14-16H,9H2,(H,19,20,21). The van der Waals surface area contributed by atoms with Gasteiger partial charge in [-0.05, 0) is 17.7 Å². The Morgan fingerprint density at radius 1 is 0.870 bits per heavy atom. The molecular formula is C14H14O7S2. The van der Waals surface area contributed by atoms with Crippen LogP contribution in [0.15, 0.2) is 58.3 Å². The molecule has 0 spiro atoms. The number of aliphatic hydroxyl groups excluding tert-OH is 2. The molecule has 3 N–H and O–H groups in total. The summed E-state index contributed by atoms with van der Waals surface area (Å²) in [5.74, 6) is 0. The van der Waals surface area contributed by atoms with Crippen LogP contribution < -0.4 is 0 Å². The smallest absolute Gasteiger partial charge is 0.294 e. The maximum absolute atomic E-state index is 12.6. The van der Waals surface area contributed by atoms with Gasteiger partial charge in [-0.3, -0.25) is 4.55 Å². The van der Waals surface area contributed by atoms with Crippen molar-refractivity contribution in [2.45, 2.75) is 21.8 Å². The molecule has 0 radical (unpaired) electrons. The van der Waals surface area contributed by atoms with Gasteiger partial charge in [-0.1, -0.05) is 36.4 Å². The molecular weight excluding hydrogens is 344 g/mol. The van der Waals surface area contributed by atoms with Crippen molar-refractivity contribution in [3.63, 3.8) is 0 Å². The Labute approximate surface area is 133 Å². The van der Waals surface area contributed by atoms with Crippen molar-refractivity contribution in [3.8, 4) is 0 Å². The molecule has 1 atom stereocenters. The van der Waals surface area contributed by atoms with Crippen LogP contribution >= 0.6 is 0 Å². The molecule has 2 aromatic rings. The molecule has 0 fully saturated rings. The molecule has 0 bridgehead atoms. The number of rotatable bonds is 5. The molecule has 0 aliphatic rings. The topological polar surface area (TPSA) is 129 Å². The van der Waals surface area contributed by atoms with Crippen LogP contribution in [0, 0.1) is 0 Å². The van der Waals surface area contributed by atoms with Crippen LogP contribution in [0.25, 0.3) is 0 Å². The predicted octanol–water partition coefficient (Wildman–Crippen LogP) is 0.890. The molecule has 0 aliphatic carbocycles. The van der Waals surface area contributed by atoms with E-state index >= 15 is 0 Å². The summed E-state index contributed by atoms with van der Waals surface area (Å²) in [5, 5.41) is 19.5. The molecule has 1 unspecified atom stereocenters. The highest BCUT2D eigenvalue weighted by Crippen LogP contribution is 2.32. The summed E-state index contributed by atoms with van der Waals surface area (Å²) in [5.41, 5.74) is -2.62. The maximum atomic E-state index is 12.6. The fourth-order valence-corrected chi connectivity index (χ4v) is 4.47. The molecule has 9 heteroatoms. The molecule has 23 heavy (non-hydrogen) atoms. The largest absolute Gasteiger partial charge is 0.392 e. The monoisotopic (exact) mass is 358 g/mol. The molecule has 124 valence electrons. The second-order valence-electron chi connectivity index (χ2n) is 4.68. The van der Waals surface area contributed by atoms with Gasteiger partial charge in [-0.25, -0.2) is 8.42 Å². The Bertz CT molecular complexity index is 918. The molecule has 0 aliphatic heterocycles. The van der Waals surface area contributed by atoms with Crippen molar-refractivity contribution >= 4 is 20.0 Å². The molecule has 7 nitrogen and oxygen atoms in total. The van der Waals surface area contributed by atoms with Gasteiger partial charge in [0.1, 0.15) is 4.90 Å². The first-order valence-electron chi connectivity index (χ1n) is 6.36. The molecule has 0 heterocycles. The predicted molar refractivity (Wildman–Crippen MR) is 80.8 cm³/mol. The van der Waals surface area contributed by atoms with E-state index in [2.05, 4.69) is 0 Å². The molecule has 2 rings (SSSR count). The lowest BCUT2D eigenvalue weighted by molar-refractivity contribution is 0.249. The van der Waals surface area contributed by atoms with E-state index in [1.807, 2.05) is 0 Å². The van der Waals surface area contributed by atoms with Crippen LogP contribution in [-0.2, 0) is 26.6 Å². The number of aliphatic hydroxyl groups is 2. The molecule has 0 saturated carbocycles. The summed E-state index contributed by atoms with van der Waals surface area (Å²) in [6.45, 7) is -0.567. The number of sulfone groups is 1. The highest BCUT2D eigenvalue weighted by molar-refractivity contribution is 7.91. The van der Waals surface area contributed by atoms with Gasteiger partial charge in [-0.15, -0.1) is 0 Å². The van der Waals surface area contributed by atoms with Gasteiger partial charge in [0.05, 0.1) is 11.5 Å². The first kappa shape index (κ1) is 17.6. The minimum absolute atomic E-state index is 0.0656. The average Bonchev–Trinajstić information content (AvgIpc) is 2.53. The molecule has 0 aromatic heterocycles. The summed E-state index contributed by atoms with van der Waals surface area (Å²) < 4.78 is 57.0. The third-order valence-corrected chi connectivity index (χ3v) is 5.99. The van der Waals surface area contributed by atoms with Crippen molar-refractivity contribution in [3.05, 3.63) is 59.7 Å². The lowest BCUT2D eigenvalue weighted by Crippen LogP contribution is -2.17. The van der Waals surface area contributed by atoms with Crippen LogP contribution in [-0.4, -0.2) is 31.6 Å². The van der Waals surface area contributed by atoms with Crippen molar-refractivity contribution in [1.82, 2.24) is 0 Å². The number of benzene rings is 2. The van der Waals surface area contributed by atoms with Crippen molar-refractivity contribution < 1.29 is 31.6 Å². The van der Waals surface area contributed by atoms with E-state index < -0.39 is 42.5 Å². The first-order chi connectivity index (χ1) is 10.7. The van der Waals surface area contributed by atoms with E-state index in [1.165, 1.54) is 36.4 Å². The van der Waals surface area contributed by atoms with E-state index in [0.29, 0.717) is 0 Å². The number of hydrogen-bond donors (Lipinski definition) is 3. The molecule has 0 amide bonds. The van der Waals surface area contributed by atoms with Crippen molar-refractivity contribution in [2.24, 2.45) is 0 Å². The van der Waals surface area contributed by atoms with E-state index in [4.69, 9.17) is 0 Å². The van der Waals surface area contributed by atoms with E-state index in [9.17, 15) is 31.6 Å². The lowest BCUT2D eigenvalue weighted by atomic mass is 10.2. The Morgan fingerprint density at radius 3 is 1.96 bits per heavy atom. The van der Waals surface area contributed by atoms with Crippen LogP contribution in [0.5, 0.6) is 0 Å². The molecule has 0 saturated heterocycles. The third-order valence-electron chi connectivity index (χ3n) is 3.21. The number of hydrogen-bond acceptors (Lipinski definition) is 6. The average molecular weight is 358 g/mol. The van der Waals surface area contributed by atoms with Gasteiger partial charge < -0.3 is 10.2 Å². The SMILES string of the molecule is O=S(=O)(O)c1ccccc1C(O)S(=O)(=O)c1ccccc1CO. The van der Waals surface area contributed by atoms with Crippen molar-refractivity contribution in [2.75, 3.05) is 0 Å². The first-order valence-corrected chi connectivity index (χ1v) is 9.35. The Kier molecular flexibility index (Phi) is 4.87. The van der Waals surface area contributed by atoms with Gasteiger partial charge in [0, 0.05) is 5.56 Å². The highest BCUT2D eigenvalue weighted by atomic mass is 32.2. The Hall–Kier alpha value is -1.78. The highest BCUT2D eigenvalue weighted by Gasteiger charge is 2.32. The molecule has 2 aromatic carbocycles. The van der Waals surface area contributed by atoms with Gasteiger partial charge in [0.25, 0.3) is 10.1 Å². The third kappa shape index (κ3) is 3.43. The van der Waals surface area contributed by atoms with Gasteiger partial charge in [0.15, 0.2) is 5.44 Å². The van der Waals surface area contributed by atoms with Gasteiger partial charge in [-0.2, -0.15) is 8.42 Å². The second kappa shape index (κ2) is 6.38. The van der Waals surface area contributed by atoms with Crippen LogP contribution in [0.2, 0.25) is 0 Å². The second-order valence-corrected chi connectivity index (χ2v) is 8.04. The maximum Gasteiger partial charge on any atom is 0.294 e. The van der Waals surface area contributed by atoms with E-state index in [-0.39, 0.29) is 10.5 Å². The summed E-state index contributed by atoms with van der Waals surface area (Å²) in [6.07, 6.45) is 0. The van der Waals surface area contributed by atoms with Crippen molar-refractivity contribution in [1.29, 1.82) is 0 Å². The Balaban J connectivity index is 2.63. The summed E-state index contributed by atoms with van der Waals surface area (Å²) in [4.78, 5) is -1.02. The summed E-state index contributed by atoms with van der Waals surface area (Å²) in [6, 6.07) is 10.2. The van der Waals surface area contributed by atoms with Crippen LogP contribution in [0.3, 0.4) is 0 Å². The van der Waals surface area contributed by atoms with Crippen LogP contribution in [0.1, 0.15) is 16.6 Å². The summed E-state index contributed by atoms with van der Waals surface area (Å²) in [7, 11) is -9.11. The zero-order chi connectivity index (χ0) is 17.3. The minimum atomic E-state index is -4.71. The zero-order valence-corrected chi connectivity index (χ0v) is 13.3. The zero-order valence-electron chi connectivity index (χ0n) is 11.7. The van der Waals surface area contributed by atoms with Crippen LogP contribution in [0.4, 0.5) is 0 Å². The fraction of sp³-hybridized carbons (Fsp3) is 0.143. The quantitative estimate of drug-likeness (QED) is 0.677. The van der Waals surface area contributed by atoms with Gasteiger partial charge in [0.2, 0.25) is 9.84 Å². The minimum Gasteiger partial charge on any atom is -0.392 e. The normalized spacial score (nSPS) is 13.7. The summed E-state index contributed by atoms with van der Waals surface area (Å²) >= 11 is 0. The van der Waals surface area contributed by atoms with E-state index in [0.717, 1.165) is 12.1 Å². The van der Waals surface area contributed by atoms with E-state index in [1.54, 1.807) is 0 Å².